The number of aromatic nitrogens is 2. The first-order valence-electron chi connectivity index (χ1n) is 9.62. The van der Waals surface area contributed by atoms with Crippen molar-refractivity contribution in [3.05, 3.63) is 77.1 Å². The zero-order valence-corrected chi connectivity index (χ0v) is 17.7. The highest BCUT2D eigenvalue weighted by Gasteiger charge is 2.29. The lowest BCUT2D eigenvalue weighted by Crippen LogP contribution is -2.29. The average molecular weight is 445 g/mol. The molecule has 4 rings (SSSR count). The Balaban J connectivity index is 1.47. The van der Waals surface area contributed by atoms with E-state index in [-0.39, 0.29) is 27.9 Å². The lowest BCUT2D eigenvalue weighted by molar-refractivity contribution is 0.0950. The lowest BCUT2D eigenvalue weighted by Gasteiger charge is -2.17. The molecule has 1 fully saturated rings. The first kappa shape index (κ1) is 20.6. The summed E-state index contributed by atoms with van der Waals surface area (Å²) in [6.07, 6.45) is 5.17. The van der Waals surface area contributed by atoms with E-state index in [1.54, 1.807) is 10.9 Å². The second-order valence-corrected chi connectivity index (χ2v) is 9.38. The number of benzene rings is 2. The van der Waals surface area contributed by atoms with Crippen LogP contribution in [0.15, 0.2) is 65.8 Å². The molecule has 9 heteroatoms. The van der Waals surface area contributed by atoms with Gasteiger partial charge in [0.2, 0.25) is 10.0 Å². The van der Waals surface area contributed by atoms with Crippen LogP contribution in [-0.4, -0.2) is 41.5 Å². The van der Waals surface area contributed by atoms with Gasteiger partial charge in [0.15, 0.2) is 0 Å². The van der Waals surface area contributed by atoms with E-state index in [1.165, 1.54) is 22.5 Å². The minimum Gasteiger partial charge on any atom is -0.348 e. The van der Waals surface area contributed by atoms with Crippen molar-refractivity contribution in [1.29, 1.82) is 0 Å². The van der Waals surface area contributed by atoms with E-state index in [0.717, 1.165) is 24.1 Å². The fourth-order valence-electron chi connectivity index (χ4n) is 3.37. The van der Waals surface area contributed by atoms with Crippen LogP contribution in [0.5, 0.6) is 0 Å². The van der Waals surface area contributed by atoms with Gasteiger partial charge >= 0.3 is 0 Å². The summed E-state index contributed by atoms with van der Waals surface area (Å²) < 4.78 is 28.8. The number of hydrogen-bond acceptors (Lipinski definition) is 4. The molecule has 0 saturated carbocycles. The molecule has 0 bridgehead atoms. The largest absolute Gasteiger partial charge is 0.348 e. The third-order valence-electron chi connectivity index (χ3n) is 4.99. The number of hydrogen-bond donors (Lipinski definition) is 1. The second kappa shape index (κ2) is 8.59. The highest BCUT2D eigenvalue weighted by atomic mass is 35.5. The van der Waals surface area contributed by atoms with Gasteiger partial charge in [0.1, 0.15) is 4.90 Å². The van der Waals surface area contributed by atoms with Gasteiger partial charge in [-0.1, -0.05) is 29.8 Å². The second-order valence-electron chi connectivity index (χ2n) is 7.07. The van der Waals surface area contributed by atoms with Gasteiger partial charge in [-0.25, -0.2) is 13.1 Å². The van der Waals surface area contributed by atoms with Crippen molar-refractivity contribution in [3.63, 3.8) is 0 Å². The molecule has 2 heterocycles. The van der Waals surface area contributed by atoms with E-state index in [0.29, 0.717) is 13.1 Å². The molecule has 1 amide bonds. The number of nitrogens with one attached hydrogen (secondary N) is 1. The average Bonchev–Trinajstić information content (AvgIpc) is 3.45. The lowest BCUT2D eigenvalue weighted by atomic mass is 10.2. The Kier molecular flexibility index (Phi) is 5.90. The molecule has 156 valence electrons. The van der Waals surface area contributed by atoms with Gasteiger partial charge in [0.05, 0.1) is 16.9 Å². The Morgan fingerprint density at radius 3 is 2.57 bits per heavy atom. The number of carbonyl (C=O) groups excluding carboxylic acids is 1. The summed E-state index contributed by atoms with van der Waals surface area (Å²) in [6.45, 7) is 1.21. The summed E-state index contributed by atoms with van der Waals surface area (Å²) in [6, 6.07) is 14.0. The minimum atomic E-state index is -3.71. The van der Waals surface area contributed by atoms with E-state index in [2.05, 4.69) is 10.4 Å². The van der Waals surface area contributed by atoms with Gasteiger partial charge < -0.3 is 5.32 Å². The Morgan fingerprint density at radius 1 is 1.10 bits per heavy atom. The SMILES string of the molecule is O=C(NCc1cnn(-c2ccccc2)c1)c1ccc(Cl)c(S(=O)(=O)N2CCCC2)c1. The van der Waals surface area contributed by atoms with E-state index in [1.807, 2.05) is 36.5 Å². The number of para-hydroxylation sites is 1. The summed E-state index contributed by atoms with van der Waals surface area (Å²) in [5.41, 5.74) is 1.99. The van der Waals surface area contributed by atoms with Gasteiger partial charge in [-0.05, 0) is 43.2 Å². The highest BCUT2D eigenvalue weighted by molar-refractivity contribution is 7.89. The van der Waals surface area contributed by atoms with Crippen molar-refractivity contribution in [2.45, 2.75) is 24.3 Å². The minimum absolute atomic E-state index is 0.0318. The predicted molar refractivity (Wildman–Crippen MR) is 114 cm³/mol. The fraction of sp³-hybridized carbons (Fsp3) is 0.238. The number of nitrogens with zero attached hydrogens (tertiary/aromatic N) is 3. The van der Waals surface area contributed by atoms with Crippen molar-refractivity contribution in [2.75, 3.05) is 13.1 Å². The molecule has 30 heavy (non-hydrogen) atoms. The van der Waals surface area contributed by atoms with Crippen LogP contribution in [0.4, 0.5) is 0 Å². The van der Waals surface area contributed by atoms with Gasteiger partial charge in [0.25, 0.3) is 5.91 Å². The molecule has 1 aliphatic rings. The Morgan fingerprint density at radius 2 is 1.83 bits per heavy atom. The van der Waals surface area contributed by atoms with Crippen LogP contribution < -0.4 is 5.32 Å². The Hall–Kier alpha value is -2.68. The molecule has 1 aliphatic heterocycles. The van der Waals surface area contributed by atoms with Crippen LogP contribution in [-0.2, 0) is 16.6 Å². The number of rotatable bonds is 6. The molecular weight excluding hydrogens is 424 g/mol. The van der Waals surface area contributed by atoms with Crippen molar-refractivity contribution < 1.29 is 13.2 Å². The van der Waals surface area contributed by atoms with Gasteiger partial charge in [-0.15, -0.1) is 0 Å². The maximum atomic E-state index is 12.8. The molecule has 0 radical (unpaired) electrons. The fourth-order valence-corrected chi connectivity index (χ4v) is 5.39. The number of sulfonamides is 1. The van der Waals surface area contributed by atoms with Crippen LogP contribution >= 0.6 is 11.6 Å². The van der Waals surface area contributed by atoms with Gasteiger partial charge in [-0.3, -0.25) is 4.79 Å². The van der Waals surface area contributed by atoms with Crippen LogP contribution in [0.3, 0.4) is 0 Å². The third kappa shape index (κ3) is 4.26. The van der Waals surface area contributed by atoms with E-state index in [9.17, 15) is 13.2 Å². The van der Waals surface area contributed by atoms with E-state index < -0.39 is 10.0 Å². The summed E-state index contributed by atoms with van der Waals surface area (Å²) in [7, 11) is -3.71. The van der Waals surface area contributed by atoms with Crippen LogP contribution in [0.25, 0.3) is 5.69 Å². The first-order valence-corrected chi connectivity index (χ1v) is 11.4. The molecule has 1 N–H and O–H groups in total. The topological polar surface area (TPSA) is 84.3 Å². The monoisotopic (exact) mass is 444 g/mol. The molecule has 1 saturated heterocycles. The quantitative estimate of drug-likeness (QED) is 0.632. The van der Waals surface area contributed by atoms with Gasteiger partial charge in [-0.2, -0.15) is 9.40 Å². The standard InChI is InChI=1S/C21H21ClN4O3S/c22-19-9-8-17(12-20(19)30(28,29)25-10-4-5-11-25)21(27)23-13-16-14-24-26(15-16)18-6-2-1-3-7-18/h1-3,6-9,12,14-15H,4-5,10-11,13H2,(H,23,27). The number of amides is 1. The summed E-state index contributed by atoms with van der Waals surface area (Å²) in [5.74, 6) is -0.378. The molecule has 1 aromatic heterocycles. The van der Waals surface area contributed by atoms with Gasteiger partial charge in [0, 0.05) is 37.0 Å². The molecule has 3 aromatic rings. The van der Waals surface area contributed by atoms with Crippen molar-refractivity contribution in [1.82, 2.24) is 19.4 Å². The predicted octanol–water partition coefficient (Wildman–Crippen LogP) is 3.24. The van der Waals surface area contributed by atoms with Crippen LogP contribution in [0.2, 0.25) is 5.02 Å². The molecule has 0 spiro atoms. The van der Waals surface area contributed by atoms with Crippen LogP contribution in [0, 0.1) is 0 Å². The van der Waals surface area contributed by atoms with Crippen molar-refractivity contribution in [2.24, 2.45) is 0 Å². The Labute approximate surface area is 180 Å². The summed E-state index contributed by atoms with van der Waals surface area (Å²) in [5, 5.41) is 7.22. The molecular formula is C21H21ClN4O3S. The molecule has 0 unspecified atom stereocenters. The highest BCUT2D eigenvalue weighted by Crippen LogP contribution is 2.28. The molecule has 0 aliphatic carbocycles. The van der Waals surface area contributed by atoms with E-state index >= 15 is 0 Å². The molecule has 7 nitrogen and oxygen atoms in total. The van der Waals surface area contributed by atoms with Crippen molar-refractivity contribution >= 4 is 27.5 Å². The smallest absolute Gasteiger partial charge is 0.251 e. The normalized spacial score (nSPS) is 14.7. The first-order chi connectivity index (χ1) is 14.4. The van der Waals surface area contributed by atoms with E-state index in [4.69, 9.17) is 11.6 Å². The summed E-state index contributed by atoms with van der Waals surface area (Å²) >= 11 is 6.15. The third-order valence-corrected chi connectivity index (χ3v) is 7.37. The zero-order chi connectivity index (χ0) is 21.1. The number of carbonyl (C=O) groups is 1. The maximum Gasteiger partial charge on any atom is 0.251 e. The van der Waals surface area contributed by atoms with Crippen LogP contribution in [0.1, 0.15) is 28.8 Å². The Bertz CT molecular complexity index is 1160. The number of halogens is 1. The molecule has 2 aromatic carbocycles. The van der Waals surface area contributed by atoms with Crippen molar-refractivity contribution in [3.8, 4) is 5.69 Å². The maximum absolute atomic E-state index is 12.8. The zero-order valence-electron chi connectivity index (χ0n) is 16.2. The summed E-state index contributed by atoms with van der Waals surface area (Å²) in [4.78, 5) is 12.6. The molecule has 0 atom stereocenters.